The monoisotopic (exact) mass is 475 g/mol. The molecule has 158 valence electrons. The van der Waals surface area contributed by atoms with Crippen LogP contribution in [0.15, 0.2) is 71.3 Å². The number of pyridine rings is 1. The maximum absolute atomic E-state index is 6.06. The molecule has 31 heavy (non-hydrogen) atoms. The van der Waals surface area contributed by atoms with Crippen LogP contribution in [0.25, 0.3) is 33.4 Å². The van der Waals surface area contributed by atoms with Gasteiger partial charge in [0.05, 0.1) is 12.3 Å². The molecule has 1 N–H and O–H groups in total. The van der Waals surface area contributed by atoms with Crippen molar-refractivity contribution >= 4 is 27.0 Å². The molecular formula is C26H26BrN3O. The molecule has 1 aliphatic heterocycles. The van der Waals surface area contributed by atoms with E-state index in [2.05, 4.69) is 92.4 Å². The molecule has 3 heterocycles. The number of H-pyrrole nitrogens is 1. The summed E-state index contributed by atoms with van der Waals surface area (Å²) in [6.45, 7) is 1.96. The molecule has 1 unspecified atom stereocenters. The number of hydrogen-bond acceptors (Lipinski definition) is 3. The lowest BCUT2D eigenvalue weighted by molar-refractivity contribution is 0.233. The van der Waals surface area contributed by atoms with Crippen LogP contribution in [0, 0.1) is 0 Å². The zero-order valence-electron chi connectivity index (χ0n) is 17.6. The first-order valence-electron chi connectivity index (χ1n) is 10.8. The Labute approximate surface area is 191 Å². The van der Waals surface area contributed by atoms with Gasteiger partial charge in [-0.25, -0.2) is 4.98 Å². The molecule has 0 bridgehead atoms. The van der Waals surface area contributed by atoms with Gasteiger partial charge in [-0.2, -0.15) is 0 Å². The third kappa shape index (κ3) is 4.25. The van der Waals surface area contributed by atoms with E-state index in [1.54, 1.807) is 0 Å². The molecule has 2 aromatic heterocycles. The van der Waals surface area contributed by atoms with Gasteiger partial charge in [-0.05, 0) is 78.1 Å². The van der Waals surface area contributed by atoms with Crippen LogP contribution in [0.2, 0.25) is 0 Å². The Morgan fingerprint density at radius 1 is 1.10 bits per heavy atom. The van der Waals surface area contributed by atoms with Crippen LogP contribution < -0.4 is 4.74 Å². The first-order chi connectivity index (χ1) is 15.2. The Bertz CT molecular complexity index is 1170. The van der Waals surface area contributed by atoms with E-state index in [0.29, 0.717) is 6.04 Å². The lowest BCUT2D eigenvalue weighted by Crippen LogP contribution is -2.26. The number of aromatic amines is 1. The van der Waals surface area contributed by atoms with Crippen LogP contribution in [0.3, 0.4) is 0 Å². The Morgan fingerprint density at radius 3 is 2.65 bits per heavy atom. The standard InChI is InChI=1S/C26H26BrN3O/c1-30-14-5-8-21(30)13-15-31-22-11-9-18(10-12-22)24-23-16-20(27)17-28-26(23)29-25(24)19-6-3-2-4-7-19/h2-4,6-7,9-12,16-17,21H,5,8,13-15H2,1H3,(H,28,29). The first kappa shape index (κ1) is 20.3. The number of benzene rings is 2. The van der Waals surface area contributed by atoms with E-state index in [9.17, 15) is 0 Å². The maximum atomic E-state index is 6.06. The van der Waals surface area contributed by atoms with Crippen molar-refractivity contribution in [3.8, 4) is 28.1 Å². The lowest BCUT2D eigenvalue weighted by Gasteiger charge is -2.19. The number of rotatable bonds is 6. The number of likely N-dealkylation sites (tertiary alicyclic amines) is 1. The van der Waals surface area contributed by atoms with E-state index in [0.717, 1.165) is 56.7 Å². The third-order valence-electron chi connectivity index (χ3n) is 6.21. The number of fused-ring (bicyclic) bond motifs is 1. The predicted molar refractivity (Wildman–Crippen MR) is 130 cm³/mol. The van der Waals surface area contributed by atoms with Crippen molar-refractivity contribution in [2.24, 2.45) is 0 Å². The summed E-state index contributed by atoms with van der Waals surface area (Å²) in [6.07, 6.45) is 5.50. The Balaban J connectivity index is 1.43. The molecule has 5 rings (SSSR count). The third-order valence-corrected chi connectivity index (χ3v) is 6.65. The minimum atomic E-state index is 0.657. The minimum Gasteiger partial charge on any atom is -0.494 e. The van der Waals surface area contributed by atoms with Gasteiger partial charge in [0, 0.05) is 27.7 Å². The Morgan fingerprint density at radius 2 is 1.90 bits per heavy atom. The van der Waals surface area contributed by atoms with Crippen LogP contribution in [0.4, 0.5) is 0 Å². The number of ether oxygens (including phenoxy) is 1. The van der Waals surface area contributed by atoms with Crippen molar-refractivity contribution in [3.63, 3.8) is 0 Å². The van der Waals surface area contributed by atoms with Gasteiger partial charge in [-0.3, -0.25) is 0 Å². The van der Waals surface area contributed by atoms with Gasteiger partial charge in [0.1, 0.15) is 11.4 Å². The predicted octanol–water partition coefficient (Wildman–Crippen LogP) is 6.52. The fourth-order valence-corrected chi connectivity index (χ4v) is 4.87. The number of aromatic nitrogens is 2. The summed E-state index contributed by atoms with van der Waals surface area (Å²) >= 11 is 3.58. The van der Waals surface area contributed by atoms with Crippen molar-refractivity contribution < 1.29 is 4.74 Å². The highest BCUT2D eigenvalue weighted by atomic mass is 79.9. The molecule has 2 aromatic carbocycles. The summed E-state index contributed by atoms with van der Waals surface area (Å²) in [7, 11) is 2.21. The summed E-state index contributed by atoms with van der Waals surface area (Å²) in [6, 6.07) is 21.6. The van der Waals surface area contributed by atoms with Crippen LogP contribution in [0.5, 0.6) is 5.75 Å². The molecule has 4 nitrogen and oxygen atoms in total. The summed E-state index contributed by atoms with van der Waals surface area (Å²) in [5.74, 6) is 0.921. The molecule has 1 aliphatic rings. The second kappa shape index (κ2) is 8.85. The number of nitrogens with one attached hydrogen (secondary N) is 1. The average molecular weight is 476 g/mol. The molecule has 1 atom stereocenters. The van der Waals surface area contributed by atoms with E-state index < -0.39 is 0 Å². The fraction of sp³-hybridized carbons (Fsp3) is 0.269. The molecule has 1 fully saturated rings. The quantitative estimate of drug-likeness (QED) is 0.344. The van der Waals surface area contributed by atoms with Gasteiger partial charge in [0.2, 0.25) is 0 Å². The van der Waals surface area contributed by atoms with Gasteiger partial charge in [-0.1, -0.05) is 42.5 Å². The Kier molecular flexibility index (Phi) is 5.79. The number of nitrogens with zero attached hydrogens (tertiary/aromatic N) is 2. The highest BCUT2D eigenvalue weighted by Crippen LogP contribution is 2.39. The zero-order valence-corrected chi connectivity index (χ0v) is 19.2. The Hall–Kier alpha value is -2.63. The van der Waals surface area contributed by atoms with E-state index in [1.165, 1.54) is 19.4 Å². The van der Waals surface area contributed by atoms with Gasteiger partial charge < -0.3 is 14.6 Å². The van der Waals surface area contributed by atoms with Crippen molar-refractivity contribution in [2.45, 2.75) is 25.3 Å². The van der Waals surface area contributed by atoms with Crippen molar-refractivity contribution in [1.29, 1.82) is 0 Å². The SMILES string of the molecule is CN1CCCC1CCOc1ccc(-c2c(-c3ccccc3)[nH]c3ncc(Br)cc23)cc1. The van der Waals surface area contributed by atoms with Crippen molar-refractivity contribution in [2.75, 3.05) is 20.2 Å². The van der Waals surface area contributed by atoms with Gasteiger partial charge in [-0.15, -0.1) is 0 Å². The molecule has 0 spiro atoms. The van der Waals surface area contributed by atoms with Gasteiger partial charge in [0.25, 0.3) is 0 Å². The van der Waals surface area contributed by atoms with E-state index in [-0.39, 0.29) is 0 Å². The molecule has 5 heteroatoms. The molecule has 0 aliphatic carbocycles. The molecular weight excluding hydrogens is 450 g/mol. The number of halogens is 1. The van der Waals surface area contributed by atoms with Gasteiger partial charge >= 0.3 is 0 Å². The zero-order chi connectivity index (χ0) is 21.2. The smallest absolute Gasteiger partial charge is 0.138 e. The topological polar surface area (TPSA) is 41.1 Å². The van der Waals surface area contributed by atoms with E-state index in [4.69, 9.17) is 4.74 Å². The summed E-state index contributed by atoms with van der Waals surface area (Å²) in [4.78, 5) is 10.6. The maximum Gasteiger partial charge on any atom is 0.138 e. The summed E-state index contributed by atoms with van der Waals surface area (Å²) < 4.78 is 7.02. The van der Waals surface area contributed by atoms with Gasteiger partial charge in [0.15, 0.2) is 0 Å². The lowest BCUT2D eigenvalue weighted by atomic mass is 9.99. The summed E-state index contributed by atoms with van der Waals surface area (Å²) in [5.41, 5.74) is 5.42. The van der Waals surface area contributed by atoms with Crippen LogP contribution >= 0.6 is 15.9 Å². The second-order valence-corrected chi connectivity index (χ2v) is 9.14. The fourth-order valence-electron chi connectivity index (χ4n) is 4.54. The highest BCUT2D eigenvalue weighted by molar-refractivity contribution is 9.10. The van der Waals surface area contributed by atoms with Crippen LogP contribution in [0.1, 0.15) is 19.3 Å². The van der Waals surface area contributed by atoms with Crippen molar-refractivity contribution in [1.82, 2.24) is 14.9 Å². The normalized spacial score (nSPS) is 16.8. The van der Waals surface area contributed by atoms with Crippen LogP contribution in [-0.2, 0) is 0 Å². The number of hydrogen-bond donors (Lipinski definition) is 1. The first-order valence-corrected chi connectivity index (χ1v) is 11.6. The van der Waals surface area contributed by atoms with E-state index in [1.807, 2.05) is 12.3 Å². The van der Waals surface area contributed by atoms with E-state index >= 15 is 0 Å². The molecule has 0 saturated carbocycles. The second-order valence-electron chi connectivity index (χ2n) is 8.23. The average Bonchev–Trinajstić information content (AvgIpc) is 3.38. The molecule has 0 amide bonds. The molecule has 4 aromatic rings. The minimum absolute atomic E-state index is 0.657. The van der Waals surface area contributed by atoms with Crippen LogP contribution in [-0.4, -0.2) is 41.1 Å². The summed E-state index contributed by atoms with van der Waals surface area (Å²) in [5, 5.41) is 1.10. The van der Waals surface area contributed by atoms with Crippen molar-refractivity contribution in [3.05, 3.63) is 71.3 Å². The largest absolute Gasteiger partial charge is 0.494 e. The molecule has 0 radical (unpaired) electrons. The highest BCUT2D eigenvalue weighted by Gasteiger charge is 2.20. The molecule has 1 saturated heterocycles.